The number of nitrogen functional groups attached to an aromatic ring is 1. The summed E-state index contributed by atoms with van der Waals surface area (Å²) in [4.78, 5) is 29.6. The van der Waals surface area contributed by atoms with Crippen LogP contribution in [0.15, 0.2) is 30.7 Å². The molecular formula is C22H16ClF5N8O2. The summed E-state index contributed by atoms with van der Waals surface area (Å²) >= 11 is 5.89. The van der Waals surface area contributed by atoms with Crippen molar-refractivity contribution in [2.24, 2.45) is 0 Å². The minimum atomic E-state index is -5.72. The van der Waals surface area contributed by atoms with Crippen molar-refractivity contribution in [1.29, 1.82) is 0 Å². The summed E-state index contributed by atoms with van der Waals surface area (Å²) in [5.74, 6) is -5.98. The highest BCUT2D eigenvalue weighted by Crippen LogP contribution is 2.46. The molecule has 0 spiro atoms. The number of phenols is 1. The predicted molar refractivity (Wildman–Crippen MR) is 124 cm³/mol. The minimum Gasteiger partial charge on any atom is -0.506 e. The number of anilines is 2. The Morgan fingerprint density at radius 2 is 1.92 bits per heavy atom. The van der Waals surface area contributed by atoms with Crippen LogP contribution in [0.25, 0.3) is 17.2 Å². The van der Waals surface area contributed by atoms with Gasteiger partial charge in [-0.1, -0.05) is 17.7 Å². The minimum absolute atomic E-state index is 0.0238. The fourth-order valence-corrected chi connectivity index (χ4v) is 4.32. The van der Waals surface area contributed by atoms with Crippen LogP contribution in [0.3, 0.4) is 0 Å². The van der Waals surface area contributed by atoms with Gasteiger partial charge in [-0.15, -0.1) is 0 Å². The molecular weight excluding hydrogens is 539 g/mol. The van der Waals surface area contributed by atoms with E-state index in [9.17, 15) is 31.9 Å². The molecule has 10 nitrogen and oxygen atoms in total. The maximum Gasteiger partial charge on any atom is 0.453 e. The topological polar surface area (TPSA) is 144 Å². The second-order valence-corrected chi connectivity index (χ2v) is 9.11. The smallest absolute Gasteiger partial charge is 0.453 e. The van der Waals surface area contributed by atoms with Crippen molar-refractivity contribution >= 4 is 34.8 Å². The number of carbonyl (C=O) groups is 1. The zero-order valence-corrected chi connectivity index (χ0v) is 19.9. The summed E-state index contributed by atoms with van der Waals surface area (Å²) in [5.41, 5.74) is 5.11. The number of alkyl halides is 5. The van der Waals surface area contributed by atoms with Gasteiger partial charge in [0.15, 0.2) is 11.5 Å². The molecule has 0 saturated carbocycles. The molecule has 0 radical (unpaired) electrons. The third-order valence-corrected chi connectivity index (χ3v) is 6.62. The van der Waals surface area contributed by atoms with Gasteiger partial charge in [-0.3, -0.25) is 4.79 Å². The molecule has 4 aromatic rings. The number of fused-ring (bicyclic) bond motifs is 2. The number of amides is 1. The van der Waals surface area contributed by atoms with Crippen LogP contribution >= 0.6 is 11.6 Å². The normalized spacial score (nSPS) is 17.6. The Bertz CT molecular complexity index is 1610. The van der Waals surface area contributed by atoms with E-state index in [2.05, 4.69) is 30.4 Å². The number of nitrogens with two attached hydrogens (primary N) is 1. The van der Waals surface area contributed by atoms with E-state index in [4.69, 9.17) is 17.3 Å². The highest BCUT2D eigenvalue weighted by molar-refractivity contribution is 6.32. The maximum absolute atomic E-state index is 13.6. The molecule has 4 heterocycles. The first kappa shape index (κ1) is 25.5. The molecule has 0 bridgehead atoms. The van der Waals surface area contributed by atoms with Crippen molar-refractivity contribution in [2.45, 2.75) is 37.3 Å². The number of halogens is 6. The number of aromatic hydroxyl groups is 1. The van der Waals surface area contributed by atoms with Crippen molar-refractivity contribution in [3.05, 3.63) is 52.6 Å². The standard InChI is InChI=1S/C22H16ClF5N8O2/c1-20(9-2-3-10(23)13(37)6-9)14-15(29)33-16(34-17(14)35-19(20)38)12-7-36-18(30-8-31-36)11(32-12)4-5-21(24,25)22(26,27)28/h2-3,6-8,37H,4-5H2,1H3,(H3,29,33,34,35,38)/t20-/m1/s1. The summed E-state index contributed by atoms with van der Waals surface area (Å²) in [5, 5.41) is 16.6. The van der Waals surface area contributed by atoms with Crippen molar-refractivity contribution in [3.8, 4) is 17.3 Å². The van der Waals surface area contributed by atoms with Gasteiger partial charge in [0.2, 0.25) is 5.91 Å². The number of aryl methyl sites for hydroxylation is 1. The van der Waals surface area contributed by atoms with E-state index in [1.807, 2.05) is 0 Å². The molecule has 16 heteroatoms. The number of phenolic OH excluding ortho intramolecular Hbond substituents is 1. The van der Waals surface area contributed by atoms with Gasteiger partial charge in [-0.25, -0.2) is 24.5 Å². The molecule has 0 aliphatic carbocycles. The van der Waals surface area contributed by atoms with Gasteiger partial charge in [0, 0.05) is 6.42 Å². The Morgan fingerprint density at radius 3 is 2.61 bits per heavy atom. The van der Waals surface area contributed by atoms with Crippen LogP contribution in [0.4, 0.5) is 33.6 Å². The number of nitrogens with one attached hydrogen (secondary N) is 1. The van der Waals surface area contributed by atoms with Gasteiger partial charge in [0.1, 0.15) is 34.8 Å². The summed E-state index contributed by atoms with van der Waals surface area (Å²) in [6.07, 6.45) is -5.69. The van der Waals surface area contributed by atoms with E-state index in [1.54, 1.807) is 6.92 Å². The average Bonchev–Trinajstić information content (AvgIpc) is 3.41. The largest absolute Gasteiger partial charge is 0.506 e. The molecule has 1 amide bonds. The zero-order chi connectivity index (χ0) is 27.6. The van der Waals surface area contributed by atoms with Gasteiger partial charge in [-0.05, 0) is 31.0 Å². The molecule has 0 unspecified atom stereocenters. The van der Waals surface area contributed by atoms with Crippen LogP contribution < -0.4 is 11.1 Å². The average molecular weight is 555 g/mol. The molecule has 0 fully saturated rings. The third-order valence-electron chi connectivity index (χ3n) is 6.30. The highest BCUT2D eigenvalue weighted by atomic mass is 35.5. The summed E-state index contributed by atoms with van der Waals surface area (Å²) in [6, 6.07) is 4.26. The molecule has 1 aliphatic heterocycles. The lowest BCUT2D eigenvalue weighted by atomic mass is 9.77. The Kier molecular flexibility index (Phi) is 5.67. The second kappa shape index (κ2) is 8.44. The van der Waals surface area contributed by atoms with Crippen molar-refractivity contribution in [1.82, 2.24) is 29.5 Å². The molecule has 0 saturated heterocycles. The number of carbonyl (C=O) groups excluding carboxylic acids is 1. The van der Waals surface area contributed by atoms with Crippen molar-refractivity contribution < 1.29 is 31.9 Å². The maximum atomic E-state index is 13.6. The molecule has 1 aliphatic rings. The number of benzene rings is 1. The second-order valence-electron chi connectivity index (χ2n) is 8.70. The van der Waals surface area contributed by atoms with Crippen molar-refractivity contribution in [3.63, 3.8) is 0 Å². The predicted octanol–water partition coefficient (Wildman–Crippen LogP) is 3.91. The van der Waals surface area contributed by atoms with Gasteiger partial charge >= 0.3 is 12.1 Å². The number of rotatable bonds is 5. The van der Waals surface area contributed by atoms with E-state index in [0.717, 1.165) is 10.8 Å². The first-order valence-corrected chi connectivity index (χ1v) is 11.2. The Morgan fingerprint density at radius 1 is 1.18 bits per heavy atom. The van der Waals surface area contributed by atoms with Crippen LogP contribution in [-0.4, -0.2) is 52.7 Å². The fraction of sp³-hybridized carbons (Fsp3) is 0.273. The van der Waals surface area contributed by atoms with Crippen LogP contribution in [0, 0.1) is 0 Å². The van der Waals surface area contributed by atoms with E-state index in [1.165, 1.54) is 24.4 Å². The molecule has 1 atom stereocenters. The lowest BCUT2D eigenvalue weighted by Crippen LogP contribution is -2.36. The lowest BCUT2D eigenvalue weighted by Gasteiger charge is -2.23. The highest BCUT2D eigenvalue weighted by Gasteiger charge is 2.56. The zero-order valence-electron chi connectivity index (χ0n) is 19.2. The van der Waals surface area contributed by atoms with Gasteiger partial charge in [0.25, 0.3) is 0 Å². The van der Waals surface area contributed by atoms with Crippen LogP contribution in [0.2, 0.25) is 5.02 Å². The number of aromatic nitrogens is 6. The lowest BCUT2D eigenvalue weighted by molar-refractivity contribution is -0.284. The number of hydrogen-bond donors (Lipinski definition) is 3. The van der Waals surface area contributed by atoms with Crippen LogP contribution in [0.1, 0.15) is 30.2 Å². The first-order chi connectivity index (χ1) is 17.7. The molecule has 3 aromatic heterocycles. The summed E-state index contributed by atoms with van der Waals surface area (Å²) < 4.78 is 66.3. The quantitative estimate of drug-likeness (QED) is 0.315. The van der Waals surface area contributed by atoms with Crippen LogP contribution in [0.5, 0.6) is 5.75 Å². The van der Waals surface area contributed by atoms with Crippen molar-refractivity contribution in [2.75, 3.05) is 11.1 Å². The van der Waals surface area contributed by atoms with Gasteiger partial charge < -0.3 is 16.2 Å². The summed E-state index contributed by atoms with van der Waals surface area (Å²) in [7, 11) is 0. The number of nitrogens with zero attached hydrogens (tertiary/aromatic N) is 6. The Balaban J connectivity index is 1.57. The molecule has 198 valence electrons. The van der Waals surface area contributed by atoms with E-state index < -0.39 is 36.3 Å². The van der Waals surface area contributed by atoms with E-state index in [0.29, 0.717) is 5.56 Å². The summed E-state index contributed by atoms with van der Waals surface area (Å²) in [6.45, 7) is 1.55. The molecule has 38 heavy (non-hydrogen) atoms. The SMILES string of the molecule is C[C@]1(c2ccc(Cl)c(O)c2)C(=O)Nc2nc(-c3cn4ncnc4c(CCC(F)(F)C(F)(F)F)n3)nc(N)c21. The van der Waals surface area contributed by atoms with Crippen LogP contribution in [-0.2, 0) is 16.6 Å². The van der Waals surface area contributed by atoms with Gasteiger partial charge in [0.05, 0.1) is 22.5 Å². The monoisotopic (exact) mass is 554 g/mol. The third kappa shape index (κ3) is 3.93. The Hall–Kier alpha value is -4.14. The molecule has 1 aromatic carbocycles. The molecule has 4 N–H and O–H groups in total. The van der Waals surface area contributed by atoms with Gasteiger partial charge in [-0.2, -0.15) is 27.1 Å². The van der Waals surface area contributed by atoms with E-state index >= 15 is 0 Å². The molecule has 5 rings (SSSR count). The Labute approximate surface area is 214 Å². The van der Waals surface area contributed by atoms with E-state index in [-0.39, 0.29) is 50.8 Å². The fourth-order valence-electron chi connectivity index (χ4n) is 4.21. The number of hydrogen-bond acceptors (Lipinski definition) is 8. The first-order valence-electron chi connectivity index (χ1n) is 10.8.